The van der Waals surface area contributed by atoms with E-state index in [0.29, 0.717) is 12.1 Å². The average molecular weight is 275 g/mol. The molecule has 1 amide bonds. The minimum atomic E-state index is -0.404. The van der Waals surface area contributed by atoms with Gasteiger partial charge in [-0.2, -0.15) is 0 Å². The van der Waals surface area contributed by atoms with Gasteiger partial charge in [-0.3, -0.25) is 4.79 Å². The highest BCUT2D eigenvalue weighted by Crippen LogP contribution is 2.10. The van der Waals surface area contributed by atoms with Gasteiger partial charge in [0.05, 0.1) is 5.60 Å². The molecule has 0 fully saturated rings. The van der Waals surface area contributed by atoms with E-state index in [9.17, 15) is 4.79 Å². The Balaban J connectivity index is 2.85. The third-order valence-corrected chi connectivity index (χ3v) is 2.88. The molecular formula is C16H21NO3. The van der Waals surface area contributed by atoms with Crippen LogP contribution in [0.5, 0.6) is 0 Å². The van der Waals surface area contributed by atoms with E-state index in [1.165, 1.54) is 0 Å². The first kappa shape index (κ1) is 16.2. The standard InChI is InChI=1S/C16H21NO3/c1-12-8-13(6-5-7-18)10-14(9-12)15(19)17-11-16(2,3)20-4/h8-10,18H,7,11H2,1-4H3,(H,17,19). The zero-order valence-corrected chi connectivity index (χ0v) is 12.4. The number of hydrogen-bond acceptors (Lipinski definition) is 3. The Bertz CT molecular complexity index is 538. The van der Waals surface area contributed by atoms with Gasteiger partial charge in [-0.1, -0.05) is 11.8 Å². The van der Waals surface area contributed by atoms with Crippen molar-refractivity contribution in [3.63, 3.8) is 0 Å². The highest BCUT2D eigenvalue weighted by atomic mass is 16.5. The zero-order valence-electron chi connectivity index (χ0n) is 12.4. The molecule has 0 unspecified atom stereocenters. The Morgan fingerprint density at radius 2 is 2.10 bits per heavy atom. The summed E-state index contributed by atoms with van der Waals surface area (Å²) in [6.45, 7) is 5.94. The fraction of sp³-hybridized carbons (Fsp3) is 0.438. The van der Waals surface area contributed by atoms with Crippen molar-refractivity contribution in [3.05, 3.63) is 34.9 Å². The van der Waals surface area contributed by atoms with Gasteiger partial charge in [-0.25, -0.2) is 0 Å². The van der Waals surface area contributed by atoms with Gasteiger partial charge in [-0.15, -0.1) is 0 Å². The number of benzene rings is 1. The molecule has 4 nitrogen and oxygen atoms in total. The summed E-state index contributed by atoms with van der Waals surface area (Å²) < 4.78 is 5.26. The Morgan fingerprint density at radius 3 is 2.70 bits per heavy atom. The Labute approximate surface area is 120 Å². The maximum Gasteiger partial charge on any atom is 0.251 e. The molecule has 1 rings (SSSR count). The number of nitrogens with one attached hydrogen (secondary N) is 1. The highest BCUT2D eigenvalue weighted by molar-refractivity contribution is 5.94. The van der Waals surface area contributed by atoms with E-state index in [1.54, 1.807) is 19.2 Å². The van der Waals surface area contributed by atoms with Crippen LogP contribution in [0.15, 0.2) is 18.2 Å². The van der Waals surface area contributed by atoms with E-state index >= 15 is 0 Å². The van der Waals surface area contributed by atoms with Crippen LogP contribution in [-0.2, 0) is 4.74 Å². The number of ether oxygens (including phenoxy) is 1. The summed E-state index contributed by atoms with van der Waals surface area (Å²) in [5.74, 6) is 5.23. The summed E-state index contributed by atoms with van der Waals surface area (Å²) >= 11 is 0. The van der Waals surface area contributed by atoms with E-state index in [-0.39, 0.29) is 12.5 Å². The van der Waals surface area contributed by atoms with Gasteiger partial charge in [0.1, 0.15) is 6.61 Å². The fourth-order valence-electron chi connectivity index (χ4n) is 1.60. The number of hydrogen-bond donors (Lipinski definition) is 2. The number of rotatable bonds is 4. The number of carbonyl (C=O) groups is 1. The summed E-state index contributed by atoms with van der Waals surface area (Å²) in [6, 6.07) is 5.39. The van der Waals surface area contributed by atoms with Gasteiger partial charge >= 0.3 is 0 Å². The molecule has 4 heteroatoms. The van der Waals surface area contributed by atoms with Crippen LogP contribution >= 0.6 is 0 Å². The van der Waals surface area contributed by atoms with Gasteiger partial charge in [0.15, 0.2) is 0 Å². The van der Waals surface area contributed by atoms with E-state index in [0.717, 1.165) is 11.1 Å². The summed E-state index contributed by atoms with van der Waals surface area (Å²) in [7, 11) is 1.61. The van der Waals surface area contributed by atoms with Crippen LogP contribution in [-0.4, -0.2) is 36.9 Å². The lowest BCUT2D eigenvalue weighted by Gasteiger charge is -2.23. The molecule has 0 saturated heterocycles. The van der Waals surface area contributed by atoms with E-state index in [2.05, 4.69) is 17.2 Å². The van der Waals surface area contributed by atoms with Crippen LogP contribution in [0.4, 0.5) is 0 Å². The lowest BCUT2D eigenvalue weighted by atomic mass is 10.1. The van der Waals surface area contributed by atoms with Crippen molar-refractivity contribution in [3.8, 4) is 11.8 Å². The SMILES string of the molecule is COC(C)(C)CNC(=O)c1cc(C)cc(C#CCO)c1. The minimum absolute atomic E-state index is 0.161. The first-order chi connectivity index (χ1) is 9.38. The average Bonchev–Trinajstić information content (AvgIpc) is 2.42. The summed E-state index contributed by atoms with van der Waals surface area (Å²) in [4.78, 5) is 12.1. The molecule has 0 aromatic heterocycles. The molecule has 20 heavy (non-hydrogen) atoms. The maximum atomic E-state index is 12.1. The lowest BCUT2D eigenvalue weighted by Crippen LogP contribution is -2.39. The lowest BCUT2D eigenvalue weighted by molar-refractivity contribution is 0.0229. The molecular weight excluding hydrogens is 254 g/mol. The van der Waals surface area contributed by atoms with Gasteiger partial charge in [0.2, 0.25) is 0 Å². The van der Waals surface area contributed by atoms with E-state index < -0.39 is 5.60 Å². The molecule has 0 aliphatic rings. The predicted octanol–water partition coefficient (Wildman–Crippen LogP) is 1.49. The monoisotopic (exact) mass is 275 g/mol. The normalized spacial score (nSPS) is 10.7. The molecule has 1 aromatic rings. The molecule has 108 valence electrons. The second-order valence-corrected chi connectivity index (χ2v) is 5.19. The Morgan fingerprint density at radius 1 is 1.40 bits per heavy atom. The molecule has 0 saturated carbocycles. The first-order valence-corrected chi connectivity index (χ1v) is 6.43. The largest absolute Gasteiger partial charge is 0.384 e. The van der Waals surface area contributed by atoms with Crippen molar-refractivity contribution >= 4 is 5.91 Å². The molecule has 0 bridgehead atoms. The number of aliphatic hydroxyl groups is 1. The van der Waals surface area contributed by atoms with Crippen molar-refractivity contribution in [1.82, 2.24) is 5.32 Å². The number of carbonyl (C=O) groups excluding carboxylic acids is 1. The molecule has 0 heterocycles. The van der Waals surface area contributed by atoms with Crippen LogP contribution in [0.2, 0.25) is 0 Å². The summed E-state index contributed by atoms with van der Waals surface area (Å²) in [5.41, 5.74) is 1.82. The van der Waals surface area contributed by atoms with Crippen LogP contribution in [0.25, 0.3) is 0 Å². The molecule has 0 atom stereocenters. The van der Waals surface area contributed by atoms with Gasteiger partial charge in [0.25, 0.3) is 5.91 Å². The second kappa shape index (κ2) is 7.09. The molecule has 1 aromatic carbocycles. The fourth-order valence-corrected chi connectivity index (χ4v) is 1.60. The molecule has 0 aliphatic heterocycles. The number of methoxy groups -OCH3 is 1. The first-order valence-electron chi connectivity index (χ1n) is 6.43. The second-order valence-electron chi connectivity index (χ2n) is 5.19. The predicted molar refractivity (Wildman–Crippen MR) is 78.6 cm³/mol. The summed E-state index contributed by atoms with van der Waals surface area (Å²) in [5, 5.41) is 11.5. The minimum Gasteiger partial charge on any atom is -0.384 e. The van der Waals surface area contributed by atoms with Gasteiger partial charge in [-0.05, 0) is 44.5 Å². The van der Waals surface area contributed by atoms with Crippen molar-refractivity contribution < 1.29 is 14.6 Å². The third-order valence-electron chi connectivity index (χ3n) is 2.88. The van der Waals surface area contributed by atoms with Gasteiger partial charge in [0, 0.05) is 24.8 Å². The Kier molecular flexibility index (Phi) is 5.75. The number of aliphatic hydroxyl groups excluding tert-OH is 1. The molecule has 0 aliphatic carbocycles. The molecule has 2 N–H and O–H groups in total. The third kappa shape index (κ3) is 5.04. The van der Waals surface area contributed by atoms with Gasteiger partial charge < -0.3 is 15.2 Å². The maximum absolute atomic E-state index is 12.1. The van der Waals surface area contributed by atoms with Crippen LogP contribution in [0.1, 0.15) is 35.3 Å². The summed E-state index contributed by atoms with van der Waals surface area (Å²) in [6.07, 6.45) is 0. The zero-order chi connectivity index (χ0) is 15.2. The van der Waals surface area contributed by atoms with E-state index in [1.807, 2.05) is 26.8 Å². The van der Waals surface area contributed by atoms with Crippen LogP contribution in [0.3, 0.4) is 0 Å². The number of aryl methyl sites for hydroxylation is 1. The Hall–Kier alpha value is -1.83. The number of amides is 1. The van der Waals surface area contributed by atoms with Crippen molar-refractivity contribution in [2.75, 3.05) is 20.3 Å². The topological polar surface area (TPSA) is 58.6 Å². The van der Waals surface area contributed by atoms with Crippen LogP contribution < -0.4 is 5.32 Å². The van der Waals surface area contributed by atoms with Crippen LogP contribution in [0, 0.1) is 18.8 Å². The van der Waals surface area contributed by atoms with Crippen molar-refractivity contribution in [2.45, 2.75) is 26.4 Å². The molecule has 0 radical (unpaired) electrons. The smallest absolute Gasteiger partial charge is 0.251 e. The quantitative estimate of drug-likeness (QED) is 0.819. The van der Waals surface area contributed by atoms with E-state index in [4.69, 9.17) is 9.84 Å². The van der Waals surface area contributed by atoms with Crippen molar-refractivity contribution in [2.24, 2.45) is 0 Å². The molecule has 0 spiro atoms. The van der Waals surface area contributed by atoms with Crippen molar-refractivity contribution in [1.29, 1.82) is 0 Å². The highest BCUT2D eigenvalue weighted by Gasteiger charge is 2.18.